The molecule has 1 rings (SSSR count). The first kappa shape index (κ1) is 14.4. The van der Waals surface area contributed by atoms with Crippen molar-refractivity contribution in [2.45, 2.75) is 11.8 Å². The van der Waals surface area contributed by atoms with Crippen molar-refractivity contribution in [3.05, 3.63) is 42.5 Å². The number of hydrogen-bond donors (Lipinski definition) is 1. The van der Waals surface area contributed by atoms with Crippen molar-refractivity contribution in [1.82, 2.24) is 4.90 Å². The summed E-state index contributed by atoms with van der Waals surface area (Å²) in [6.45, 7) is 6.34. The van der Waals surface area contributed by atoms with Crippen molar-refractivity contribution in [2.24, 2.45) is 5.14 Å². The van der Waals surface area contributed by atoms with Gasteiger partial charge < -0.3 is 4.90 Å². The SMILES string of the molecule is C=CCN(CC)C(=O)c1cccc(S(N)(=O)=O)c1. The number of carbonyl (C=O) groups is 1. The monoisotopic (exact) mass is 268 g/mol. The average molecular weight is 268 g/mol. The molecule has 1 amide bonds. The van der Waals surface area contributed by atoms with Gasteiger partial charge in [0.25, 0.3) is 5.91 Å². The molecular weight excluding hydrogens is 252 g/mol. The molecule has 0 fully saturated rings. The predicted molar refractivity (Wildman–Crippen MR) is 69.6 cm³/mol. The van der Waals surface area contributed by atoms with Crippen LogP contribution in [0.5, 0.6) is 0 Å². The highest BCUT2D eigenvalue weighted by Crippen LogP contribution is 2.12. The first-order chi connectivity index (χ1) is 8.40. The van der Waals surface area contributed by atoms with Gasteiger partial charge in [-0.3, -0.25) is 4.79 Å². The summed E-state index contributed by atoms with van der Waals surface area (Å²) in [5, 5.41) is 5.02. The molecule has 0 aliphatic carbocycles. The van der Waals surface area contributed by atoms with Crippen LogP contribution in [0.4, 0.5) is 0 Å². The highest BCUT2D eigenvalue weighted by atomic mass is 32.2. The fraction of sp³-hybridized carbons (Fsp3) is 0.250. The maximum absolute atomic E-state index is 12.1. The average Bonchev–Trinajstić information content (AvgIpc) is 2.34. The number of amides is 1. The smallest absolute Gasteiger partial charge is 0.254 e. The normalized spacial score (nSPS) is 11.0. The van der Waals surface area contributed by atoms with Crippen LogP contribution in [0.3, 0.4) is 0 Å². The summed E-state index contributed by atoms with van der Waals surface area (Å²) in [4.78, 5) is 13.6. The zero-order valence-electron chi connectivity index (χ0n) is 10.2. The Labute approximate surface area is 107 Å². The van der Waals surface area contributed by atoms with Gasteiger partial charge >= 0.3 is 0 Å². The number of hydrogen-bond acceptors (Lipinski definition) is 3. The predicted octanol–water partition coefficient (Wildman–Crippen LogP) is 0.982. The molecule has 0 saturated carbocycles. The van der Waals surface area contributed by atoms with E-state index in [9.17, 15) is 13.2 Å². The lowest BCUT2D eigenvalue weighted by molar-refractivity contribution is 0.0782. The molecule has 0 aliphatic heterocycles. The summed E-state index contributed by atoms with van der Waals surface area (Å²) < 4.78 is 22.4. The molecule has 0 atom stereocenters. The number of likely N-dealkylation sites (N-methyl/N-ethyl adjacent to an activating group) is 1. The second-order valence-corrected chi connectivity index (χ2v) is 5.27. The van der Waals surface area contributed by atoms with Crippen LogP contribution in [0.15, 0.2) is 41.8 Å². The second-order valence-electron chi connectivity index (χ2n) is 3.71. The zero-order chi connectivity index (χ0) is 13.8. The molecule has 1 aromatic carbocycles. The van der Waals surface area contributed by atoms with Crippen LogP contribution in [0, 0.1) is 0 Å². The zero-order valence-corrected chi connectivity index (χ0v) is 11.0. The number of primary sulfonamides is 1. The highest BCUT2D eigenvalue weighted by molar-refractivity contribution is 7.89. The molecular formula is C12H16N2O3S. The molecule has 0 bridgehead atoms. The van der Waals surface area contributed by atoms with Gasteiger partial charge in [0.15, 0.2) is 0 Å². The van der Waals surface area contributed by atoms with E-state index in [-0.39, 0.29) is 10.8 Å². The van der Waals surface area contributed by atoms with Crippen molar-refractivity contribution < 1.29 is 13.2 Å². The topological polar surface area (TPSA) is 80.5 Å². The standard InChI is InChI=1S/C12H16N2O3S/c1-3-8-14(4-2)12(15)10-6-5-7-11(9-10)18(13,16)17/h3,5-7,9H,1,4,8H2,2H3,(H2,13,16,17). The number of nitrogens with zero attached hydrogens (tertiary/aromatic N) is 1. The van der Waals surface area contributed by atoms with Gasteiger partial charge in [-0.1, -0.05) is 12.1 Å². The van der Waals surface area contributed by atoms with Gasteiger partial charge in [-0.15, -0.1) is 6.58 Å². The molecule has 0 aliphatic rings. The van der Waals surface area contributed by atoms with Gasteiger partial charge in [0.05, 0.1) is 4.90 Å². The molecule has 0 radical (unpaired) electrons. The first-order valence-corrected chi connectivity index (χ1v) is 6.97. The largest absolute Gasteiger partial charge is 0.335 e. The minimum Gasteiger partial charge on any atom is -0.335 e. The maximum atomic E-state index is 12.1. The van der Waals surface area contributed by atoms with E-state index in [0.29, 0.717) is 18.7 Å². The van der Waals surface area contributed by atoms with Crippen molar-refractivity contribution in [2.75, 3.05) is 13.1 Å². The van der Waals surface area contributed by atoms with Gasteiger partial charge in [-0.2, -0.15) is 0 Å². The summed E-state index contributed by atoms with van der Waals surface area (Å²) >= 11 is 0. The van der Waals surface area contributed by atoms with Gasteiger partial charge in [0, 0.05) is 18.7 Å². The van der Waals surface area contributed by atoms with Crippen molar-refractivity contribution in [1.29, 1.82) is 0 Å². The minimum absolute atomic E-state index is 0.0667. The Balaban J connectivity index is 3.10. The van der Waals surface area contributed by atoms with Gasteiger partial charge in [-0.25, -0.2) is 13.6 Å². The molecule has 0 spiro atoms. The number of sulfonamides is 1. The van der Waals surface area contributed by atoms with Crippen molar-refractivity contribution in [3.8, 4) is 0 Å². The third-order valence-corrected chi connectivity index (χ3v) is 3.34. The molecule has 1 aromatic rings. The molecule has 6 heteroatoms. The lowest BCUT2D eigenvalue weighted by atomic mass is 10.2. The maximum Gasteiger partial charge on any atom is 0.254 e. The molecule has 98 valence electrons. The van der Waals surface area contributed by atoms with E-state index < -0.39 is 10.0 Å². The third-order valence-electron chi connectivity index (χ3n) is 2.43. The van der Waals surface area contributed by atoms with E-state index in [1.807, 2.05) is 6.92 Å². The molecule has 0 heterocycles. The second kappa shape index (κ2) is 5.79. The van der Waals surface area contributed by atoms with Crippen LogP contribution in [0.1, 0.15) is 17.3 Å². The van der Waals surface area contributed by atoms with Crippen LogP contribution in [0.2, 0.25) is 0 Å². The quantitative estimate of drug-likeness (QED) is 0.808. The first-order valence-electron chi connectivity index (χ1n) is 5.43. The number of rotatable bonds is 5. The Morgan fingerprint density at radius 1 is 1.50 bits per heavy atom. The van der Waals surface area contributed by atoms with Crippen LogP contribution in [0.25, 0.3) is 0 Å². The van der Waals surface area contributed by atoms with E-state index >= 15 is 0 Å². The Kier molecular flexibility index (Phi) is 4.63. The van der Waals surface area contributed by atoms with E-state index in [0.717, 1.165) is 0 Å². The fourth-order valence-corrected chi connectivity index (χ4v) is 2.06. The lowest BCUT2D eigenvalue weighted by Gasteiger charge is -2.19. The number of nitrogens with two attached hydrogens (primary N) is 1. The van der Waals surface area contributed by atoms with Gasteiger partial charge in [0.2, 0.25) is 10.0 Å². The summed E-state index contributed by atoms with van der Waals surface area (Å²) in [6, 6.07) is 5.69. The molecule has 2 N–H and O–H groups in total. The van der Waals surface area contributed by atoms with E-state index in [2.05, 4.69) is 6.58 Å². The number of benzene rings is 1. The van der Waals surface area contributed by atoms with Crippen LogP contribution < -0.4 is 5.14 Å². The lowest BCUT2D eigenvalue weighted by Crippen LogP contribution is -2.31. The van der Waals surface area contributed by atoms with Crippen molar-refractivity contribution >= 4 is 15.9 Å². The number of carbonyl (C=O) groups excluding carboxylic acids is 1. The summed E-state index contributed by atoms with van der Waals surface area (Å²) in [5.74, 6) is -0.247. The molecule has 18 heavy (non-hydrogen) atoms. The van der Waals surface area contributed by atoms with Crippen LogP contribution in [-0.4, -0.2) is 32.3 Å². The third kappa shape index (κ3) is 3.41. The summed E-state index contributed by atoms with van der Waals surface area (Å²) in [7, 11) is -3.79. The van der Waals surface area contributed by atoms with Crippen LogP contribution in [-0.2, 0) is 10.0 Å². The van der Waals surface area contributed by atoms with E-state index in [1.54, 1.807) is 17.0 Å². The summed E-state index contributed by atoms with van der Waals surface area (Å²) in [6.07, 6.45) is 1.62. The molecule has 0 saturated heterocycles. The molecule has 0 unspecified atom stereocenters. The Bertz CT molecular complexity index is 552. The van der Waals surface area contributed by atoms with Gasteiger partial charge in [0.1, 0.15) is 0 Å². The minimum atomic E-state index is -3.79. The fourth-order valence-electron chi connectivity index (χ4n) is 1.50. The Morgan fingerprint density at radius 2 is 2.17 bits per heavy atom. The van der Waals surface area contributed by atoms with Crippen LogP contribution >= 0.6 is 0 Å². The van der Waals surface area contributed by atoms with Crippen molar-refractivity contribution in [3.63, 3.8) is 0 Å². The Hall–Kier alpha value is -1.66. The van der Waals surface area contributed by atoms with Gasteiger partial charge in [-0.05, 0) is 25.1 Å². The summed E-state index contributed by atoms with van der Waals surface area (Å²) in [5.41, 5.74) is 0.297. The highest BCUT2D eigenvalue weighted by Gasteiger charge is 2.15. The van der Waals surface area contributed by atoms with E-state index in [1.165, 1.54) is 18.2 Å². The van der Waals surface area contributed by atoms with E-state index in [4.69, 9.17) is 5.14 Å². The Morgan fingerprint density at radius 3 is 2.67 bits per heavy atom. The molecule has 5 nitrogen and oxygen atoms in total. The molecule has 0 aromatic heterocycles.